The number of likely N-dealkylation sites (tertiary alicyclic amines) is 1. The number of rotatable bonds is 6. The fraction of sp³-hybridized carbons (Fsp3) is 0.517. The summed E-state index contributed by atoms with van der Waals surface area (Å²) in [5.41, 5.74) is 5.25. The van der Waals surface area contributed by atoms with Gasteiger partial charge in [0.1, 0.15) is 5.75 Å². The third-order valence-electron chi connectivity index (χ3n) is 8.74. The largest absolute Gasteiger partial charge is 0.497 e. The number of aliphatic hydroxyl groups excluding tert-OH is 1. The summed E-state index contributed by atoms with van der Waals surface area (Å²) in [6.07, 6.45) is 5.13. The molecule has 3 aliphatic rings. The SMILES string of the molecule is COc1ccc2c3c(n(C)c2c1)[C@@H](CO)N(Cc1ccc(Cl)cc1)CC31CCN(CC2CC2)CC1. The number of aromatic nitrogens is 1. The van der Waals surface area contributed by atoms with E-state index in [2.05, 4.69) is 51.7 Å². The second-order valence-electron chi connectivity index (χ2n) is 11.0. The molecular weight excluding hydrogens is 458 g/mol. The van der Waals surface area contributed by atoms with Gasteiger partial charge in [0.15, 0.2) is 0 Å². The molecule has 5 nitrogen and oxygen atoms in total. The monoisotopic (exact) mass is 493 g/mol. The summed E-state index contributed by atoms with van der Waals surface area (Å²) >= 11 is 6.17. The lowest BCUT2D eigenvalue weighted by Crippen LogP contribution is -2.54. The van der Waals surface area contributed by atoms with E-state index >= 15 is 0 Å². The van der Waals surface area contributed by atoms with Gasteiger partial charge in [-0.25, -0.2) is 0 Å². The molecule has 0 amide bonds. The predicted octanol–water partition coefficient (Wildman–Crippen LogP) is 5.13. The van der Waals surface area contributed by atoms with Crippen molar-refractivity contribution in [1.29, 1.82) is 0 Å². The quantitative estimate of drug-likeness (QED) is 0.516. The van der Waals surface area contributed by atoms with Crippen LogP contribution in [0.1, 0.15) is 48.5 Å². The van der Waals surface area contributed by atoms with Gasteiger partial charge in [0.2, 0.25) is 0 Å². The van der Waals surface area contributed by atoms with Crippen molar-refractivity contribution >= 4 is 22.5 Å². The summed E-state index contributed by atoms with van der Waals surface area (Å²) in [5, 5.41) is 12.8. The van der Waals surface area contributed by atoms with Crippen LogP contribution in [0.2, 0.25) is 5.02 Å². The topological polar surface area (TPSA) is 40.9 Å². The van der Waals surface area contributed by atoms with Crippen LogP contribution in [0.5, 0.6) is 5.75 Å². The van der Waals surface area contributed by atoms with E-state index in [1.165, 1.54) is 47.1 Å². The molecule has 6 heteroatoms. The van der Waals surface area contributed by atoms with Crippen LogP contribution in [-0.2, 0) is 19.0 Å². The molecule has 1 saturated carbocycles. The molecule has 2 aliphatic heterocycles. The molecule has 3 aromatic rings. The number of hydrogen-bond acceptors (Lipinski definition) is 4. The van der Waals surface area contributed by atoms with Crippen LogP contribution < -0.4 is 4.74 Å². The number of piperidine rings is 1. The highest BCUT2D eigenvalue weighted by Gasteiger charge is 2.48. The summed E-state index contributed by atoms with van der Waals surface area (Å²) in [4.78, 5) is 5.21. The molecule has 35 heavy (non-hydrogen) atoms. The molecule has 6 rings (SSSR count). The standard InChI is InChI=1S/C29H36ClN3O2/c1-31-25-15-23(35-2)9-10-24(25)27-28(31)26(18-34)33(17-21-5-7-22(30)8-6-21)19-29(27)11-13-32(14-12-29)16-20-3-4-20/h5-10,15,20,26,34H,3-4,11-14,16-19H2,1-2H3/t26-/m1/s1. The average Bonchev–Trinajstić information content (AvgIpc) is 3.65. The average molecular weight is 494 g/mol. The normalized spacial score (nSPS) is 22.6. The maximum absolute atomic E-state index is 10.7. The summed E-state index contributed by atoms with van der Waals surface area (Å²) in [7, 11) is 3.89. The van der Waals surface area contributed by atoms with Gasteiger partial charge in [-0.15, -0.1) is 0 Å². The molecule has 2 aromatic carbocycles. The molecule has 1 spiro atoms. The number of aliphatic hydroxyl groups is 1. The van der Waals surface area contributed by atoms with Gasteiger partial charge in [0, 0.05) is 54.3 Å². The zero-order chi connectivity index (χ0) is 24.2. The molecule has 2 fully saturated rings. The van der Waals surface area contributed by atoms with Crippen LogP contribution in [0.25, 0.3) is 10.9 Å². The first kappa shape index (κ1) is 23.4. The minimum Gasteiger partial charge on any atom is -0.497 e. The number of benzene rings is 2. The lowest BCUT2D eigenvalue weighted by molar-refractivity contribution is 0.0409. The minimum absolute atomic E-state index is 0.0424. The lowest BCUT2D eigenvalue weighted by atomic mass is 9.68. The van der Waals surface area contributed by atoms with Gasteiger partial charge in [-0.3, -0.25) is 4.90 Å². The Labute approximate surface area is 213 Å². The number of aryl methyl sites for hydroxylation is 1. The summed E-state index contributed by atoms with van der Waals surface area (Å²) in [5.74, 6) is 1.80. The molecule has 1 saturated heterocycles. The zero-order valence-corrected chi connectivity index (χ0v) is 21.6. The van der Waals surface area contributed by atoms with Gasteiger partial charge < -0.3 is 19.3 Å². The van der Waals surface area contributed by atoms with Gasteiger partial charge >= 0.3 is 0 Å². The third-order valence-corrected chi connectivity index (χ3v) is 9.00. The van der Waals surface area contributed by atoms with Crippen molar-refractivity contribution < 1.29 is 9.84 Å². The summed E-state index contributed by atoms with van der Waals surface area (Å²) < 4.78 is 7.90. The highest BCUT2D eigenvalue weighted by molar-refractivity contribution is 6.30. The van der Waals surface area contributed by atoms with E-state index in [4.69, 9.17) is 16.3 Å². The summed E-state index contributed by atoms with van der Waals surface area (Å²) in [6.45, 7) is 5.45. The second-order valence-corrected chi connectivity index (χ2v) is 11.4. The van der Waals surface area contributed by atoms with Gasteiger partial charge in [-0.1, -0.05) is 23.7 Å². The van der Waals surface area contributed by atoms with Gasteiger partial charge in [0.25, 0.3) is 0 Å². The first-order valence-electron chi connectivity index (χ1n) is 13.0. The first-order chi connectivity index (χ1) is 17.0. The molecule has 1 aliphatic carbocycles. The van der Waals surface area contributed by atoms with Crippen molar-refractivity contribution in [2.24, 2.45) is 13.0 Å². The molecule has 3 heterocycles. The number of nitrogens with zero attached hydrogens (tertiary/aromatic N) is 3. The van der Waals surface area contributed by atoms with Crippen LogP contribution in [0.4, 0.5) is 0 Å². The van der Waals surface area contributed by atoms with Crippen molar-refractivity contribution in [2.45, 2.75) is 43.7 Å². The Morgan fingerprint density at radius 3 is 2.49 bits per heavy atom. The minimum atomic E-state index is -0.0424. The van der Waals surface area contributed by atoms with Crippen LogP contribution in [0.3, 0.4) is 0 Å². The third kappa shape index (κ3) is 4.17. The number of hydrogen-bond donors (Lipinski definition) is 1. The number of halogens is 1. The van der Waals surface area contributed by atoms with Crippen LogP contribution in [-0.4, -0.2) is 59.4 Å². The Hall–Kier alpha value is -2.05. The van der Waals surface area contributed by atoms with Gasteiger partial charge in [0.05, 0.1) is 25.3 Å². The van der Waals surface area contributed by atoms with E-state index < -0.39 is 0 Å². The van der Waals surface area contributed by atoms with Gasteiger partial charge in [-0.05, 0) is 80.1 Å². The summed E-state index contributed by atoms with van der Waals surface area (Å²) in [6, 6.07) is 14.6. The van der Waals surface area contributed by atoms with Crippen LogP contribution in [0.15, 0.2) is 42.5 Å². The maximum atomic E-state index is 10.7. The highest BCUT2D eigenvalue weighted by Crippen LogP contribution is 2.50. The maximum Gasteiger partial charge on any atom is 0.120 e. The number of fused-ring (bicyclic) bond motifs is 4. The number of methoxy groups -OCH3 is 1. The Kier molecular flexibility index (Phi) is 6.08. The lowest BCUT2D eigenvalue weighted by Gasteiger charge is -2.50. The molecule has 0 radical (unpaired) electrons. The van der Waals surface area contributed by atoms with Crippen molar-refractivity contribution in [3.8, 4) is 5.75 Å². The fourth-order valence-corrected chi connectivity index (χ4v) is 6.82. The Balaban J connectivity index is 1.44. The molecule has 0 unspecified atom stereocenters. The molecule has 186 valence electrons. The predicted molar refractivity (Wildman–Crippen MR) is 141 cm³/mol. The Morgan fingerprint density at radius 2 is 1.83 bits per heavy atom. The Morgan fingerprint density at radius 1 is 1.09 bits per heavy atom. The molecular formula is C29H36ClN3O2. The van der Waals surface area contributed by atoms with E-state index in [1.807, 2.05) is 12.1 Å². The molecule has 0 bridgehead atoms. The van der Waals surface area contributed by atoms with Crippen molar-refractivity contribution in [3.05, 3.63) is 64.3 Å². The second kappa shape index (κ2) is 9.11. The van der Waals surface area contributed by atoms with Gasteiger partial charge in [-0.2, -0.15) is 0 Å². The van der Waals surface area contributed by atoms with E-state index in [9.17, 15) is 5.11 Å². The van der Waals surface area contributed by atoms with E-state index in [-0.39, 0.29) is 18.1 Å². The van der Waals surface area contributed by atoms with Crippen molar-refractivity contribution in [2.75, 3.05) is 39.9 Å². The number of ether oxygens (including phenoxy) is 1. The zero-order valence-electron chi connectivity index (χ0n) is 20.8. The molecule has 1 aromatic heterocycles. The molecule has 1 N–H and O–H groups in total. The van der Waals surface area contributed by atoms with E-state index in [0.29, 0.717) is 0 Å². The molecule has 1 atom stereocenters. The van der Waals surface area contributed by atoms with Crippen molar-refractivity contribution in [1.82, 2.24) is 14.4 Å². The smallest absolute Gasteiger partial charge is 0.120 e. The Bertz CT molecular complexity index is 1210. The van der Waals surface area contributed by atoms with Crippen LogP contribution in [0, 0.1) is 5.92 Å². The highest BCUT2D eigenvalue weighted by atomic mass is 35.5. The fourth-order valence-electron chi connectivity index (χ4n) is 6.69. The van der Waals surface area contributed by atoms with Crippen molar-refractivity contribution in [3.63, 3.8) is 0 Å². The first-order valence-corrected chi connectivity index (χ1v) is 13.4. The van der Waals surface area contributed by atoms with E-state index in [1.54, 1.807) is 7.11 Å². The van der Waals surface area contributed by atoms with Crippen LogP contribution >= 0.6 is 11.6 Å². The van der Waals surface area contributed by atoms with E-state index in [0.717, 1.165) is 55.7 Å².